The van der Waals surface area contributed by atoms with Crippen LogP contribution in [0.15, 0.2) is 24.3 Å². The summed E-state index contributed by atoms with van der Waals surface area (Å²) in [5.41, 5.74) is 2.58. The molecule has 0 bridgehead atoms. The molecule has 2 nitrogen and oxygen atoms in total. The summed E-state index contributed by atoms with van der Waals surface area (Å²) in [6, 6.07) is 8.85. The topological polar surface area (TPSA) is 20.1 Å². The van der Waals surface area contributed by atoms with E-state index in [2.05, 4.69) is 63.8 Å². The van der Waals surface area contributed by atoms with Crippen molar-refractivity contribution in [3.8, 4) is 0 Å². The first kappa shape index (κ1) is 14.3. The van der Waals surface area contributed by atoms with E-state index in [-0.39, 0.29) is 23.4 Å². The summed E-state index contributed by atoms with van der Waals surface area (Å²) in [5, 5.41) is 0. The van der Waals surface area contributed by atoms with Crippen molar-refractivity contribution >= 4 is 5.78 Å². The van der Waals surface area contributed by atoms with E-state index >= 15 is 0 Å². The molecular formula is C17H25NO. The van der Waals surface area contributed by atoms with E-state index in [0.717, 1.165) is 0 Å². The highest BCUT2D eigenvalue weighted by molar-refractivity contribution is 5.86. The van der Waals surface area contributed by atoms with Gasteiger partial charge in [0, 0.05) is 5.54 Å². The van der Waals surface area contributed by atoms with Crippen molar-refractivity contribution in [3.05, 3.63) is 35.4 Å². The van der Waals surface area contributed by atoms with Gasteiger partial charge in [-0.15, -0.1) is 0 Å². The van der Waals surface area contributed by atoms with Crippen molar-refractivity contribution in [2.24, 2.45) is 5.92 Å². The van der Waals surface area contributed by atoms with Gasteiger partial charge in [0.15, 0.2) is 0 Å². The van der Waals surface area contributed by atoms with Crippen molar-refractivity contribution in [2.75, 3.05) is 0 Å². The van der Waals surface area contributed by atoms with E-state index in [1.54, 1.807) is 6.92 Å². The van der Waals surface area contributed by atoms with Gasteiger partial charge in [-0.05, 0) is 39.2 Å². The Kier molecular flexibility index (Phi) is 3.57. The zero-order valence-electron chi connectivity index (χ0n) is 12.9. The minimum Gasteiger partial charge on any atom is -0.298 e. The average Bonchev–Trinajstić information content (AvgIpc) is 3.04. The highest BCUT2D eigenvalue weighted by atomic mass is 16.1. The summed E-state index contributed by atoms with van der Waals surface area (Å²) in [7, 11) is 0. The van der Waals surface area contributed by atoms with Crippen LogP contribution >= 0.6 is 0 Å². The molecule has 0 amide bonds. The number of rotatable bonds is 4. The molecular weight excluding hydrogens is 234 g/mol. The van der Waals surface area contributed by atoms with Crippen LogP contribution in [0.5, 0.6) is 0 Å². The van der Waals surface area contributed by atoms with Gasteiger partial charge in [0.25, 0.3) is 0 Å². The van der Waals surface area contributed by atoms with Gasteiger partial charge in [-0.2, -0.15) is 0 Å². The number of benzene rings is 1. The normalized spacial score (nSPS) is 26.6. The Labute approximate surface area is 116 Å². The molecule has 0 aromatic heterocycles. The molecule has 1 saturated heterocycles. The van der Waals surface area contributed by atoms with Crippen LogP contribution in [0, 0.1) is 12.8 Å². The molecule has 1 fully saturated rings. The summed E-state index contributed by atoms with van der Waals surface area (Å²) in [6.07, 6.45) is 0. The average molecular weight is 259 g/mol. The van der Waals surface area contributed by atoms with E-state index in [4.69, 9.17) is 0 Å². The van der Waals surface area contributed by atoms with E-state index in [0.29, 0.717) is 5.92 Å². The molecule has 3 atom stereocenters. The van der Waals surface area contributed by atoms with E-state index in [1.807, 2.05) is 0 Å². The van der Waals surface area contributed by atoms with Crippen molar-refractivity contribution in [1.82, 2.24) is 4.90 Å². The van der Waals surface area contributed by atoms with Gasteiger partial charge in [0.1, 0.15) is 5.78 Å². The fraction of sp³-hybridized carbons (Fsp3) is 0.588. The Bertz CT molecular complexity index is 490. The maximum absolute atomic E-state index is 11.9. The van der Waals surface area contributed by atoms with Gasteiger partial charge in [-0.1, -0.05) is 43.7 Å². The van der Waals surface area contributed by atoms with Crippen LogP contribution in [0.1, 0.15) is 51.8 Å². The number of hydrogen-bond acceptors (Lipinski definition) is 2. The molecule has 1 aliphatic rings. The molecule has 104 valence electrons. The molecule has 1 aromatic carbocycles. The molecule has 1 heterocycles. The lowest BCUT2D eigenvalue weighted by Crippen LogP contribution is -2.38. The SMILES string of the molecule is CC(=O)C1C(c2cccc(C)c2)N1C(C)(C)C(C)C. The molecule has 1 aliphatic heterocycles. The molecule has 1 aromatic rings. The Morgan fingerprint density at radius 1 is 1.32 bits per heavy atom. The van der Waals surface area contributed by atoms with Crippen molar-refractivity contribution in [3.63, 3.8) is 0 Å². The first-order valence-corrected chi connectivity index (χ1v) is 7.12. The summed E-state index contributed by atoms with van der Waals surface area (Å²) in [5.74, 6) is 0.796. The third-order valence-corrected chi connectivity index (χ3v) is 4.69. The summed E-state index contributed by atoms with van der Waals surface area (Å²) in [6.45, 7) is 12.7. The third-order valence-electron chi connectivity index (χ3n) is 4.69. The fourth-order valence-electron chi connectivity index (χ4n) is 2.86. The Morgan fingerprint density at radius 3 is 2.42 bits per heavy atom. The standard InChI is InChI=1S/C17H25NO/c1-11(2)17(5,6)18-15(13(4)19)16(18)14-9-7-8-12(3)10-14/h7-11,15-16H,1-6H3. The smallest absolute Gasteiger partial charge is 0.148 e. The van der Waals surface area contributed by atoms with Gasteiger partial charge < -0.3 is 0 Å². The number of carbonyl (C=O) groups is 1. The largest absolute Gasteiger partial charge is 0.298 e. The molecule has 2 heteroatoms. The van der Waals surface area contributed by atoms with E-state index < -0.39 is 0 Å². The lowest BCUT2D eigenvalue weighted by atomic mass is 9.90. The van der Waals surface area contributed by atoms with Gasteiger partial charge in [0.2, 0.25) is 0 Å². The Hall–Kier alpha value is -1.15. The first-order chi connectivity index (χ1) is 8.76. The molecule has 19 heavy (non-hydrogen) atoms. The van der Waals surface area contributed by atoms with Gasteiger partial charge in [-0.25, -0.2) is 0 Å². The maximum atomic E-state index is 11.9. The summed E-state index contributed by atoms with van der Waals surface area (Å²) >= 11 is 0. The molecule has 2 rings (SSSR count). The lowest BCUT2D eigenvalue weighted by molar-refractivity contribution is -0.117. The van der Waals surface area contributed by atoms with Gasteiger partial charge >= 0.3 is 0 Å². The van der Waals surface area contributed by atoms with Crippen LogP contribution in [0.4, 0.5) is 0 Å². The predicted molar refractivity (Wildman–Crippen MR) is 79.1 cm³/mol. The molecule has 0 saturated carbocycles. The second kappa shape index (κ2) is 4.75. The van der Waals surface area contributed by atoms with Crippen molar-refractivity contribution in [2.45, 2.75) is 59.2 Å². The molecule has 0 spiro atoms. The van der Waals surface area contributed by atoms with Crippen LogP contribution in [-0.4, -0.2) is 22.3 Å². The van der Waals surface area contributed by atoms with Crippen LogP contribution < -0.4 is 0 Å². The maximum Gasteiger partial charge on any atom is 0.148 e. The van der Waals surface area contributed by atoms with Gasteiger partial charge in [-0.3, -0.25) is 9.69 Å². The minimum atomic E-state index is 0.0464. The Morgan fingerprint density at radius 2 is 1.95 bits per heavy atom. The van der Waals surface area contributed by atoms with Crippen LogP contribution in [0.3, 0.4) is 0 Å². The van der Waals surface area contributed by atoms with Crippen LogP contribution in [0.25, 0.3) is 0 Å². The highest BCUT2D eigenvalue weighted by Crippen LogP contribution is 2.51. The highest BCUT2D eigenvalue weighted by Gasteiger charge is 2.58. The second-order valence-corrected chi connectivity index (χ2v) is 6.63. The lowest BCUT2D eigenvalue weighted by Gasteiger charge is -2.32. The summed E-state index contributed by atoms with van der Waals surface area (Å²) in [4.78, 5) is 14.3. The molecule has 0 N–H and O–H groups in total. The fourth-order valence-corrected chi connectivity index (χ4v) is 2.86. The van der Waals surface area contributed by atoms with Crippen LogP contribution in [-0.2, 0) is 4.79 Å². The monoisotopic (exact) mass is 259 g/mol. The number of Topliss-reactive ketones (excluding diaryl/α,β-unsaturated/α-hetero) is 1. The van der Waals surface area contributed by atoms with E-state index in [1.165, 1.54) is 11.1 Å². The number of ketones is 1. The number of aryl methyl sites for hydroxylation is 1. The molecule has 3 unspecified atom stereocenters. The quantitative estimate of drug-likeness (QED) is 0.768. The zero-order chi connectivity index (χ0) is 14.4. The first-order valence-electron chi connectivity index (χ1n) is 7.12. The third kappa shape index (κ3) is 2.46. The number of hydrogen-bond donors (Lipinski definition) is 0. The Balaban J connectivity index is 2.33. The molecule has 0 radical (unpaired) electrons. The minimum absolute atomic E-state index is 0.0464. The summed E-state index contributed by atoms with van der Waals surface area (Å²) < 4.78 is 0. The molecule has 0 aliphatic carbocycles. The predicted octanol–water partition coefficient (Wildman–Crippen LogP) is 3.74. The van der Waals surface area contributed by atoms with Gasteiger partial charge in [0.05, 0.1) is 12.1 Å². The second-order valence-electron chi connectivity index (χ2n) is 6.63. The number of nitrogens with zero attached hydrogens (tertiary/aromatic N) is 1. The van der Waals surface area contributed by atoms with Crippen molar-refractivity contribution < 1.29 is 4.79 Å². The van der Waals surface area contributed by atoms with Crippen LogP contribution in [0.2, 0.25) is 0 Å². The zero-order valence-corrected chi connectivity index (χ0v) is 12.9. The van der Waals surface area contributed by atoms with E-state index in [9.17, 15) is 4.79 Å². The number of carbonyl (C=O) groups excluding carboxylic acids is 1. The van der Waals surface area contributed by atoms with Crippen molar-refractivity contribution in [1.29, 1.82) is 0 Å².